The van der Waals surface area contributed by atoms with Crippen molar-refractivity contribution in [3.05, 3.63) is 57.2 Å². The van der Waals surface area contributed by atoms with Gasteiger partial charge in [0.1, 0.15) is 5.01 Å². The third-order valence-electron chi connectivity index (χ3n) is 5.84. The first kappa shape index (κ1) is 27.1. The zero-order valence-electron chi connectivity index (χ0n) is 19.8. The number of benzene rings is 1. The maximum absolute atomic E-state index is 13.0. The minimum absolute atomic E-state index is 0.407. The predicted molar refractivity (Wildman–Crippen MR) is 129 cm³/mol. The van der Waals surface area contributed by atoms with Gasteiger partial charge in [-0.05, 0) is 44.0 Å². The van der Waals surface area contributed by atoms with Gasteiger partial charge in [0, 0.05) is 22.6 Å². The second-order valence-corrected chi connectivity index (χ2v) is 8.62. The summed E-state index contributed by atoms with van der Waals surface area (Å²) in [6.45, 7) is 5.93. The number of nitrogens with zero attached hydrogens (tertiary/aromatic N) is 1. The lowest BCUT2D eigenvalue weighted by Gasteiger charge is -2.23. The van der Waals surface area contributed by atoms with Crippen molar-refractivity contribution in [3.8, 4) is 0 Å². The van der Waals surface area contributed by atoms with Gasteiger partial charge in [0.05, 0.1) is 17.3 Å². The third-order valence-corrected chi connectivity index (χ3v) is 6.73. The summed E-state index contributed by atoms with van der Waals surface area (Å²) >= 11 is 1.52. The van der Waals surface area contributed by atoms with E-state index in [0.29, 0.717) is 30.0 Å². The van der Waals surface area contributed by atoms with Gasteiger partial charge in [-0.25, -0.2) is 4.98 Å². The van der Waals surface area contributed by atoms with Crippen LogP contribution in [0.2, 0.25) is 0 Å². The van der Waals surface area contributed by atoms with Gasteiger partial charge in [0.2, 0.25) is 6.41 Å². The van der Waals surface area contributed by atoms with E-state index in [1.54, 1.807) is 7.05 Å². The Labute approximate surface area is 198 Å². The SMILES string of the molecule is CC.CC/C(NC=O)=C(\c1nc(C2CCCCC2)cs1)C(NC)c1ccc(C(F)(F)F)cc1. The Morgan fingerprint density at radius 2 is 1.82 bits per heavy atom. The number of halogens is 3. The van der Waals surface area contributed by atoms with Crippen molar-refractivity contribution in [1.29, 1.82) is 0 Å². The van der Waals surface area contributed by atoms with Crippen LogP contribution in [0.5, 0.6) is 0 Å². The number of carbonyl (C=O) groups excluding carboxylic acids is 1. The molecule has 0 spiro atoms. The molecule has 1 aliphatic carbocycles. The molecule has 1 aromatic heterocycles. The fourth-order valence-corrected chi connectivity index (χ4v) is 5.21. The van der Waals surface area contributed by atoms with E-state index in [1.165, 1.54) is 42.7 Å². The van der Waals surface area contributed by atoms with E-state index in [1.807, 2.05) is 20.8 Å². The minimum atomic E-state index is -4.38. The maximum atomic E-state index is 13.0. The van der Waals surface area contributed by atoms with Crippen LogP contribution in [0.4, 0.5) is 13.2 Å². The first-order valence-corrected chi connectivity index (χ1v) is 12.5. The molecule has 1 amide bonds. The number of alkyl halides is 3. The fourth-order valence-electron chi connectivity index (χ4n) is 4.21. The number of hydrogen-bond acceptors (Lipinski definition) is 4. The number of allylic oxidation sites excluding steroid dienone is 1. The van der Waals surface area contributed by atoms with Gasteiger partial charge in [-0.2, -0.15) is 13.2 Å². The van der Waals surface area contributed by atoms with Crippen molar-refractivity contribution >= 4 is 23.3 Å². The van der Waals surface area contributed by atoms with Crippen molar-refractivity contribution in [2.75, 3.05) is 7.05 Å². The number of hydrogen-bond donors (Lipinski definition) is 2. The van der Waals surface area contributed by atoms with Gasteiger partial charge in [-0.1, -0.05) is 52.2 Å². The van der Waals surface area contributed by atoms with Crippen LogP contribution in [-0.4, -0.2) is 18.4 Å². The summed E-state index contributed by atoms with van der Waals surface area (Å²) < 4.78 is 39.0. The van der Waals surface area contributed by atoms with Crippen LogP contribution < -0.4 is 10.6 Å². The normalized spacial score (nSPS) is 16.3. The Kier molecular flexibility index (Phi) is 10.6. The van der Waals surface area contributed by atoms with Crippen LogP contribution in [0.1, 0.15) is 93.1 Å². The van der Waals surface area contributed by atoms with E-state index in [2.05, 4.69) is 16.0 Å². The predicted octanol–water partition coefficient (Wildman–Crippen LogP) is 7.06. The van der Waals surface area contributed by atoms with Crippen molar-refractivity contribution in [3.63, 3.8) is 0 Å². The highest BCUT2D eigenvalue weighted by Gasteiger charge is 2.31. The average Bonchev–Trinajstić information content (AvgIpc) is 3.32. The zero-order chi connectivity index (χ0) is 24.4. The molecule has 8 heteroatoms. The highest BCUT2D eigenvalue weighted by molar-refractivity contribution is 7.10. The van der Waals surface area contributed by atoms with E-state index in [9.17, 15) is 18.0 Å². The molecule has 0 aliphatic heterocycles. The number of likely N-dealkylation sites (N-methyl/N-ethyl adjacent to an activating group) is 1. The number of aromatic nitrogens is 1. The van der Waals surface area contributed by atoms with Crippen molar-refractivity contribution in [1.82, 2.24) is 15.6 Å². The van der Waals surface area contributed by atoms with Crippen LogP contribution in [0.15, 0.2) is 35.3 Å². The first-order valence-electron chi connectivity index (χ1n) is 11.6. The molecule has 1 unspecified atom stereocenters. The number of carbonyl (C=O) groups is 1. The molecule has 1 fully saturated rings. The standard InChI is InChI=1S/C23H28F3N3OS.C2H6/c1-3-18(28-14-30)20(22-29-19(13-31-22)15-7-5-4-6-8-15)21(27-2)16-9-11-17(12-10-16)23(24,25)26;1-2/h9-15,21,27H,3-8H2,1-2H3,(H,28,30);1-2H3/b20-18+;. The summed E-state index contributed by atoms with van der Waals surface area (Å²) in [5.41, 5.74) is 2.56. The molecule has 1 saturated carbocycles. The van der Waals surface area contributed by atoms with Crippen molar-refractivity contribution < 1.29 is 18.0 Å². The van der Waals surface area contributed by atoms with Crippen molar-refractivity contribution in [2.24, 2.45) is 0 Å². The Bertz CT molecular complexity index is 900. The molecule has 33 heavy (non-hydrogen) atoms. The monoisotopic (exact) mass is 481 g/mol. The average molecular weight is 482 g/mol. The molecule has 182 valence electrons. The van der Waals surface area contributed by atoms with Gasteiger partial charge in [-0.15, -0.1) is 11.3 Å². The lowest BCUT2D eigenvalue weighted by molar-refractivity contribution is -0.137. The summed E-state index contributed by atoms with van der Waals surface area (Å²) in [5, 5.41) is 8.86. The van der Waals surface area contributed by atoms with Crippen LogP contribution in [0, 0.1) is 0 Å². The van der Waals surface area contributed by atoms with Gasteiger partial charge in [0.25, 0.3) is 0 Å². The number of amides is 1. The molecule has 1 aromatic carbocycles. The highest BCUT2D eigenvalue weighted by Crippen LogP contribution is 2.39. The van der Waals surface area contributed by atoms with Gasteiger partial charge >= 0.3 is 6.18 Å². The van der Waals surface area contributed by atoms with Gasteiger partial charge in [-0.3, -0.25) is 4.79 Å². The number of thiazole rings is 1. The molecule has 1 atom stereocenters. The van der Waals surface area contributed by atoms with E-state index in [-0.39, 0.29) is 0 Å². The molecular formula is C25H34F3N3OS. The molecule has 0 radical (unpaired) electrons. The summed E-state index contributed by atoms with van der Waals surface area (Å²) in [7, 11) is 1.76. The Balaban J connectivity index is 0.00000187. The number of nitrogens with one attached hydrogen (secondary N) is 2. The maximum Gasteiger partial charge on any atom is 0.416 e. The molecule has 2 aromatic rings. The summed E-state index contributed by atoms with van der Waals surface area (Å²) in [6.07, 6.45) is 2.74. The van der Waals surface area contributed by atoms with Crippen LogP contribution in [0.25, 0.3) is 5.57 Å². The fraction of sp³-hybridized carbons (Fsp3) is 0.520. The summed E-state index contributed by atoms with van der Waals surface area (Å²) in [4.78, 5) is 16.2. The smallest absolute Gasteiger partial charge is 0.332 e. The second-order valence-electron chi connectivity index (χ2n) is 7.76. The summed E-state index contributed by atoms with van der Waals surface area (Å²) in [5.74, 6) is 0.447. The molecular weight excluding hydrogens is 447 g/mol. The molecule has 4 nitrogen and oxygen atoms in total. The van der Waals surface area contributed by atoms with E-state index in [0.717, 1.165) is 41.2 Å². The minimum Gasteiger partial charge on any atom is -0.332 e. The van der Waals surface area contributed by atoms with E-state index >= 15 is 0 Å². The molecule has 2 N–H and O–H groups in total. The third kappa shape index (κ3) is 6.90. The second kappa shape index (κ2) is 12.9. The zero-order valence-corrected chi connectivity index (χ0v) is 20.6. The molecule has 3 rings (SSSR count). The summed E-state index contributed by atoms with van der Waals surface area (Å²) in [6, 6.07) is 4.73. The van der Waals surface area contributed by atoms with Gasteiger partial charge < -0.3 is 10.6 Å². The van der Waals surface area contributed by atoms with E-state index in [4.69, 9.17) is 4.98 Å². The largest absolute Gasteiger partial charge is 0.416 e. The quantitative estimate of drug-likeness (QED) is 0.397. The molecule has 1 aliphatic rings. The highest BCUT2D eigenvalue weighted by atomic mass is 32.1. The number of rotatable bonds is 8. The van der Waals surface area contributed by atoms with Crippen LogP contribution in [0.3, 0.4) is 0 Å². The Morgan fingerprint density at radius 1 is 1.18 bits per heavy atom. The van der Waals surface area contributed by atoms with Crippen LogP contribution in [-0.2, 0) is 11.0 Å². The van der Waals surface area contributed by atoms with Crippen LogP contribution >= 0.6 is 11.3 Å². The lowest BCUT2D eigenvalue weighted by Crippen LogP contribution is -2.23. The molecule has 1 heterocycles. The van der Waals surface area contributed by atoms with E-state index < -0.39 is 17.8 Å². The molecule has 0 bridgehead atoms. The van der Waals surface area contributed by atoms with Crippen molar-refractivity contribution in [2.45, 2.75) is 77.4 Å². The van der Waals surface area contributed by atoms with Gasteiger partial charge in [0.15, 0.2) is 0 Å². The first-order chi connectivity index (χ1) is 15.9. The topological polar surface area (TPSA) is 54.0 Å². The molecule has 0 saturated heterocycles. The lowest BCUT2D eigenvalue weighted by atomic mass is 9.87. The Morgan fingerprint density at radius 3 is 2.33 bits per heavy atom. The Hall–Kier alpha value is -2.19.